The van der Waals surface area contributed by atoms with Gasteiger partial charge in [0.05, 0.1) is 12.2 Å². The van der Waals surface area contributed by atoms with E-state index in [9.17, 15) is 31.9 Å². The average molecular weight is 452 g/mol. The number of carbonyl (C=O) groups is 3. The quantitative estimate of drug-likeness (QED) is 0.339. The number of hydrogen-bond acceptors (Lipinski definition) is 5. The third-order valence-corrected chi connectivity index (χ3v) is 4.49. The van der Waals surface area contributed by atoms with Crippen molar-refractivity contribution in [1.82, 2.24) is 5.32 Å². The third kappa shape index (κ3) is 4.56. The van der Waals surface area contributed by atoms with E-state index in [-0.39, 0.29) is 11.3 Å². The molecule has 1 heterocycles. The standard InChI is InChI=1S/C21H16F4N2O5/c1-9-11-4-3-5-13(23)19(11)32-18(9)21(30)31-10(2)20(29)26-8-15(28)27-14-7-6-12(22)16(24)17(14)25/h3-7,10H,8H2,1-2H3,(H,26,29)(H,27,28). The van der Waals surface area contributed by atoms with Gasteiger partial charge >= 0.3 is 5.97 Å². The Hall–Kier alpha value is -3.89. The molecule has 2 amide bonds. The molecule has 0 fully saturated rings. The molecule has 0 aliphatic rings. The number of aryl methyl sites for hydroxylation is 1. The number of anilines is 1. The fraction of sp³-hybridized carbons (Fsp3) is 0.190. The highest BCUT2D eigenvalue weighted by Gasteiger charge is 2.25. The number of halogens is 4. The summed E-state index contributed by atoms with van der Waals surface area (Å²) in [6, 6.07) is 5.60. The number of fused-ring (bicyclic) bond motifs is 1. The summed E-state index contributed by atoms with van der Waals surface area (Å²) in [5.41, 5.74) is -0.421. The zero-order valence-corrected chi connectivity index (χ0v) is 16.7. The summed E-state index contributed by atoms with van der Waals surface area (Å²) in [4.78, 5) is 36.3. The van der Waals surface area contributed by atoms with Crippen molar-refractivity contribution in [2.75, 3.05) is 11.9 Å². The highest BCUT2D eigenvalue weighted by atomic mass is 19.2. The van der Waals surface area contributed by atoms with Crippen LogP contribution in [0.5, 0.6) is 0 Å². The molecular formula is C21H16F4N2O5. The first-order chi connectivity index (χ1) is 15.1. The van der Waals surface area contributed by atoms with Gasteiger partial charge in [-0.15, -0.1) is 0 Å². The van der Waals surface area contributed by atoms with Crippen molar-refractivity contribution in [3.8, 4) is 0 Å². The van der Waals surface area contributed by atoms with E-state index in [0.29, 0.717) is 17.0 Å². The van der Waals surface area contributed by atoms with Gasteiger partial charge in [0, 0.05) is 10.9 Å². The van der Waals surface area contributed by atoms with Gasteiger partial charge in [0.2, 0.25) is 11.7 Å². The lowest BCUT2D eigenvalue weighted by Gasteiger charge is -2.13. The highest BCUT2D eigenvalue weighted by Crippen LogP contribution is 2.28. The SMILES string of the molecule is Cc1c(C(=O)OC(C)C(=O)NCC(=O)Nc2ccc(F)c(F)c2F)oc2c(F)cccc12. The van der Waals surface area contributed by atoms with Crippen molar-refractivity contribution in [3.05, 3.63) is 64.9 Å². The number of para-hydroxylation sites is 1. The maximum Gasteiger partial charge on any atom is 0.375 e. The van der Waals surface area contributed by atoms with E-state index in [1.807, 2.05) is 5.32 Å². The van der Waals surface area contributed by atoms with Gasteiger partial charge in [-0.1, -0.05) is 12.1 Å². The number of ether oxygens (including phenoxy) is 1. The zero-order chi connectivity index (χ0) is 23.6. The van der Waals surface area contributed by atoms with Crippen molar-refractivity contribution >= 4 is 34.4 Å². The maximum absolute atomic E-state index is 13.8. The lowest BCUT2D eigenvalue weighted by molar-refractivity contribution is -0.130. The molecule has 3 rings (SSSR count). The van der Waals surface area contributed by atoms with Crippen LogP contribution in [-0.2, 0) is 14.3 Å². The molecule has 2 aromatic carbocycles. The number of nitrogens with one attached hydrogen (secondary N) is 2. The van der Waals surface area contributed by atoms with Crippen molar-refractivity contribution in [2.24, 2.45) is 0 Å². The molecule has 168 valence electrons. The van der Waals surface area contributed by atoms with E-state index in [0.717, 1.165) is 12.1 Å². The number of furan rings is 1. The second-order valence-corrected chi connectivity index (χ2v) is 6.71. The molecule has 3 aromatic rings. The number of amides is 2. The van der Waals surface area contributed by atoms with Crippen LogP contribution in [0.4, 0.5) is 23.2 Å². The fourth-order valence-electron chi connectivity index (χ4n) is 2.80. The largest absolute Gasteiger partial charge is 0.447 e. The molecule has 1 atom stereocenters. The van der Waals surface area contributed by atoms with Crippen LogP contribution in [0.25, 0.3) is 11.0 Å². The molecule has 0 spiro atoms. The zero-order valence-electron chi connectivity index (χ0n) is 16.7. The Kier molecular flexibility index (Phi) is 6.47. The molecule has 7 nitrogen and oxygen atoms in total. The summed E-state index contributed by atoms with van der Waals surface area (Å²) in [5, 5.41) is 4.49. The topological polar surface area (TPSA) is 97.6 Å². The number of rotatable bonds is 6. The number of hydrogen-bond donors (Lipinski definition) is 2. The summed E-state index contributed by atoms with van der Waals surface area (Å²) >= 11 is 0. The minimum absolute atomic E-state index is 0.129. The molecule has 0 saturated heterocycles. The minimum Gasteiger partial charge on any atom is -0.447 e. The van der Waals surface area contributed by atoms with Crippen LogP contribution in [0, 0.1) is 30.2 Å². The minimum atomic E-state index is -1.76. The predicted molar refractivity (Wildman–Crippen MR) is 104 cm³/mol. The van der Waals surface area contributed by atoms with Crippen LogP contribution in [-0.4, -0.2) is 30.4 Å². The Morgan fingerprint density at radius 2 is 1.75 bits per heavy atom. The first-order valence-corrected chi connectivity index (χ1v) is 9.19. The lowest BCUT2D eigenvalue weighted by atomic mass is 10.1. The summed E-state index contributed by atoms with van der Waals surface area (Å²) in [6.07, 6.45) is -1.37. The van der Waals surface area contributed by atoms with Gasteiger partial charge in [-0.3, -0.25) is 9.59 Å². The number of benzene rings is 2. The Labute approximate surface area is 178 Å². The van der Waals surface area contributed by atoms with Gasteiger partial charge in [0.25, 0.3) is 5.91 Å². The van der Waals surface area contributed by atoms with Crippen LogP contribution in [0.3, 0.4) is 0 Å². The van der Waals surface area contributed by atoms with Crippen LogP contribution in [0.2, 0.25) is 0 Å². The highest BCUT2D eigenvalue weighted by molar-refractivity contribution is 5.98. The average Bonchev–Trinajstić information content (AvgIpc) is 3.10. The van der Waals surface area contributed by atoms with Crippen LogP contribution in [0.1, 0.15) is 23.0 Å². The van der Waals surface area contributed by atoms with E-state index >= 15 is 0 Å². The number of carbonyl (C=O) groups excluding carboxylic acids is 3. The van der Waals surface area contributed by atoms with Crippen LogP contribution >= 0.6 is 0 Å². The molecule has 11 heteroatoms. The smallest absolute Gasteiger partial charge is 0.375 e. The van der Waals surface area contributed by atoms with E-state index in [1.165, 1.54) is 19.9 Å². The fourth-order valence-corrected chi connectivity index (χ4v) is 2.80. The summed E-state index contributed by atoms with van der Waals surface area (Å²) in [6.45, 7) is 2.07. The van der Waals surface area contributed by atoms with Crippen LogP contribution in [0.15, 0.2) is 34.7 Å². The van der Waals surface area contributed by atoms with Gasteiger partial charge in [-0.05, 0) is 32.0 Å². The van der Waals surface area contributed by atoms with Gasteiger partial charge in [-0.2, -0.15) is 0 Å². The van der Waals surface area contributed by atoms with Crippen LogP contribution < -0.4 is 10.6 Å². The van der Waals surface area contributed by atoms with Gasteiger partial charge in [0.1, 0.15) is 0 Å². The molecule has 2 N–H and O–H groups in total. The lowest BCUT2D eigenvalue weighted by Crippen LogP contribution is -2.40. The first-order valence-electron chi connectivity index (χ1n) is 9.19. The summed E-state index contributed by atoms with van der Waals surface area (Å²) in [7, 11) is 0. The van der Waals surface area contributed by atoms with Gasteiger partial charge in [-0.25, -0.2) is 22.4 Å². The van der Waals surface area contributed by atoms with E-state index in [1.54, 1.807) is 6.07 Å². The molecule has 0 aliphatic carbocycles. The molecule has 1 unspecified atom stereocenters. The van der Waals surface area contributed by atoms with E-state index in [2.05, 4.69) is 5.32 Å². The molecule has 0 bridgehead atoms. The van der Waals surface area contributed by atoms with Gasteiger partial charge < -0.3 is 19.8 Å². The van der Waals surface area contributed by atoms with E-state index < -0.39 is 59.4 Å². The Morgan fingerprint density at radius 1 is 1.03 bits per heavy atom. The Morgan fingerprint density at radius 3 is 2.44 bits per heavy atom. The third-order valence-electron chi connectivity index (χ3n) is 4.49. The van der Waals surface area contributed by atoms with Crippen molar-refractivity contribution < 1.29 is 41.1 Å². The Bertz CT molecular complexity index is 1220. The molecule has 0 radical (unpaired) electrons. The summed E-state index contributed by atoms with van der Waals surface area (Å²) < 4.78 is 63.7. The molecular weight excluding hydrogens is 436 g/mol. The van der Waals surface area contributed by atoms with E-state index in [4.69, 9.17) is 9.15 Å². The van der Waals surface area contributed by atoms with Crippen molar-refractivity contribution in [3.63, 3.8) is 0 Å². The molecule has 1 aromatic heterocycles. The maximum atomic E-state index is 13.8. The van der Waals surface area contributed by atoms with Crippen molar-refractivity contribution in [1.29, 1.82) is 0 Å². The summed E-state index contributed by atoms with van der Waals surface area (Å²) in [5.74, 6) is -8.56. The Balaban J connectivity index is 1.58. The monoisotopic (exact) mass is 452 g/mol. The second kappa shape index (κ2) is 9.08. The number of esters is 1. The molecule has 32 heavy (non-hydrogen) atoms. The normalized spacial score (nSPS) is 11.8. The molecule has 0 aliphatic heterocycles. The molecule has 0 saturated carbocycles. The van der Waals surface area contributed by atoms with Crippen molar-refractivity contribution in [2.45, 2.75) is 20.0 Å². The first kappa shape index (κ1) is 22.8. The predicted octanol–water partition coefficient (Wildman–Crippen LogP) is 3.60. The van der Waals surface area contributed by atoms with Gasteiger partial charge in [0.15, 0.2) is 35.0 Å². The second-order valence-electron chi connectivity index (χ2n) is 6.71.